The smallest absolute Gasteiger partial charge is 0.507 e. The minimum atomic E-state index is -0.762. The van der Waals surface area contributed by atoms with Gasteiger partial charge in [0.1, 0.15) is 17.2 Å². The molecule has 2 aliphatic carbocycles. The summed E-state index contributed by atoms with van der Waals surface area (Å²) in [6, 6.07) is 20.9. The number of phenols is 1. The maximum absolute atomic E-state index is 12.9. The van der Waals surface area contributed by atoms with Crippen LogP contribution in [0.2, 0.25) is 0 Å². The average molecular weight is 410 g/mol. The van der Waals surface area contributed by atoms with Crippen molar-refractivity contribution in [3.05, 3.63) is 77.9 Å². The largest absolute Gasteiger partial charge is 0.519 e. The first-order chi connectivity index (χ1) is 15.0. The number of carbonyl (C=O) groups excluding carboxylic acids is 1. The molecule has 4 nitrogen and oxygen atoms in total. The summed E-state index contributed by atoms with van der Waals surface area (Å²) in [5.74, 6) is 1.61. The lowest BCUT2D eigenvalue weighted by molar-refractivity contribution is 0.152. The Labute approximate surface area is 180 Å². The normalized spacial score (nSPS) is 21.4. The Morgan fingerprint density at radius 1 is 0.935 bits per heavy atom. The predicted molar refractivity (Wildman–Crippen MR) is 120 cm³/mol. The maximum atomic E-state index is 12.9. The quantitative estimate of drug-likeness (QED) is 0.291. The second kappa shape index (κ2) is 6.48. The zero-order chi connectivity index (χ0) is 21.2. The summed E-state index contributed by atoms with van der Waals surface area (Å²) in [5, 5.41) is 14.4. The number of aromatic hydroxyl groups is 1. The van der Waals surface area contributed by atoms with Crippen LogP contribution in [-0.2, 0) is 5.41 Å². The first-order valence-corrected chi connectivity index (χ1v) is 10.7. The van der Waals surface area contributed by atoms with Crippen molar-refractivity contribution >= 4 is 27.7 Å². The van der Waals surface area contributed by atoms with Gasteiger partial charge in [-0.1, -0.05) is 67.6 Å². The molecular formula is C27H22O4. The van der Waals surface area contributed by atoms with Crippen molar-refractivity contribution in [1.29, 1.82) is 0 Å². The highest BCUT2D eigenvalue weighted by molar-refractivity contribution is 5.98. The standard InChI is InChI=1S/C27H22O4/c1-27-14-13-17(15-27)22-23(27)24(28)19-10-4-5-11-20(19)25(22)31-26(29)30-21-12-6-8-16-7-2-3-9-18(16)21/h2-12,17,28H,13-15H2,1H3. The van der Waals surface area contributed by atoms with E-state index in [0.29, 0.717) is 22.6 Å². The number of hydrogen-bond donors (Lipinski definition) is 1. The first kappa shape index (κ1) is 18.3. The number of rotatable bonds is 2. The Hall–Kier alpha value is -3.53. The van der Waals surface area contributed by atoms with Gasteiger partial charge in [0.25, 0.3) is 0 Å². The van der Waals surface area contributed by atoms with Gasteiger partial charge in [0.2, 0.25) is 0 Å². The van der Waals surface area contributed by atoms with Crippen molar-refractivity contribution < 1.29 is 19.4 Å². The maximum Gasteiger partial charge on any atom is 0.519 e. The second-order valence-electron chi connectivity index (χ2n) is 8.94. The monoisotopic (exact) mass is 410 g/mol. The Kier molecular flexibility index (Phi) is 3.82. The summed E-state index contributed by atoms with van der Waals surface area (Å²) >= 11 is 0. The third-order valence-electron chi connectivity index (χ3n) is 7.06. The number of hydrogen-bond acceptors (Lipinski definition) is 4. The highest BCUT2D eigenvalue weighted by Crippen LogP contribution is 2.63. The molecule has 4 aromatic carbocycles. The molecule has 1 N–H and O–H groups in total. The second-order valence-corrected chi connectivity index (χ2v) is 8.94. The van der Waals surface area contributed by atoms with Crippen molar-refractivity contribution in [3.8, 4) is 17.2 Å². The molecule has 6 rings (SSSR count). The van der Waals surface area contributed by atoms with Gasteiger partial charge in [-0.2, -0.15) is 0 Å². The van der Waals surface area contributed by atoms with E-state index < -0.39 is 6.16 Å². The van der Waals surface area contributed by atoms with Crippen LogP contribution in [0.4, 0.5) is 4.79 Å². The van der Waals surface area contributed by atoms with Crippen molar-refractivity contribution in [1.82, 2.24) is 0 Å². The van der Waals surface area contributed by atoms with Gasteiger partial charge in [-0.25, -0.2) is 4.79 Å². The Balaban J connectivity index is 1.45. The Bertz CT molecular complexity index is 1370. The van der Waals surface area contributed by atoms with Gasteiger partial charge in [0, 0.05) is 27.3 Å². The average Bonchev–Trinajstić information content (AvgIpc) is 3.31. The van der Waals surface area contributed by atoms with Gasteiger partial charge in [-0.15, -0.1) is 0 Å². The van der Waals surface area contributed by atoms with Gasteiger partial charge in [-0.3, -0.25) is 0 Å². The summed E-state index contributed by atoms with van der Waals surface area (Å²) in [6.07, 6.45) is 2.29. The minimum absolute atomic E-state index is 0.0776. The molecule has 4 aromatic rings. The van der Waals surface area contributed by atoms with Gasteiger partial charge in [-0.05, 0) is 42.0 Å². The van der Waals surface area contributed by atoms with Crippen LogP contribution >= 0.6 is 0 Å². The van der Waals surface area contributed by atoms with Crippen molar-refractivity contribution in [2.45, 2.75) is 37.5 Å². The summed E-state index contributed by atoms with van der Waals surface area (Å²) in [5.41, 5.74) is 1.83. The summed E-state index contributed by atoms with van der Waals surface area (Å²) < 4.78 is 11.6. The molecule has 1 fully saturated rings. The Morgan fingerprint density at radius 2 is 1.65 bits per heavy atom. The molecule has 0 aromatic heterocycles. The molecule has 2 atom stereocenters. The van der Waals surface area contributed by atoms with Crippen LogP contribution in [0.1, 0.15) is 43.2 Å². The lowest BCUT2D eigenvalue weighted by atomic mass is 9.79. The van der Waals surface area contributed by atoms with Crippen molar-refractivity contribution in [2.24, 2.45) is 0 Å². The van der Waals surface area contributed by atoms with Gasteiger partial charge in [0.05, 0.1) is 0 Å². The summed E-state index contributed by atoms with van der Waals surface area (Å²) in [7, 11) is 0. The topological polar surface area (TPSA) is 55.8 Å². The summed E-state index contributed by atoms with van der Waals surface area (Å²) in [6.45, 7) is 2.20. The molecule has 0 saturated heterocycles. The number of benzene rings is 4. The molecule has 1 saturated carbocycles. The minimum Gasteiger partial charge on any atom is -0.507 e. The van der Waals surface area contributed by atoms with Crippen LogP contribution in [0.3, 0.4) is 0 Å². The SMILES string of the molecule is CC12CCC(C1)c1c2c(O)c2ccccc2c1OC(=O)Oc1cccc2ccccc12. The fourth-order valence-electron chi connectivity index (χ4n) is 5.71. The van der Waals surface area contributed by atoms with E-state index >= 15 is 0 Å². The van der Waals surface area contributed by atoms with E-state index in [-0.39, 0.29) is 11.3 Å². The molecule has 2 aliphatic rings. The Morgan fingerprint density at radius 3 is 2.48 bits per heavy atom. The number of fused-ring (bicyclic) bond motifs is 7. The van der Waals surface area contributed by atoms with Crippen molar-refractivity contribution in [3.63, 3.8) is 0 Å². The van der Waals surface area contributed by atoms with E-state index in [2.05, 4.69) is 6.92 Å². The zero-order valence-electron chi connectivity index (χ0n) is 17.2. The first-order valence-electron chi connectivity index (χ1n) is 10.7. The number of carbonyl (C=O) groups is 1. The lowest BCUT2D eigenvalue weighted by Crippen LogP contribution is -2.19. The molecule has 0 aliphatic heterocycles. The molecule has 4 heteroatoms. The molecule has 2 unspecified atom stereocenters. The third kappa shape index (κ3) is 2.64. The fourth-order valence-corrected chi connectivity index (χ4v) is 5.71. The van der Waals surface area contributed by atoms with Crippen LogP contribution in [0.25, 0.3) is 21.5 Å². The van der Waals surface area contributed by atoms with Crippen LogP contribution < -0.4 is 9.47 Å². The molecule has 0 radical (unpaired) electrons. The van der Waals surface area contributed by atoms with E-state index in [9.17, 15) is 9.90 Å². The number of phenolic OH excluding ortho intramolecular Hbond substituents is 1. The van der Waals surface area contributed by atoms with Crippen LogP contribution in [0, 0.1) is 0 Å². The third-order valence-corrected chi connectivity index (χ3v) is 7.06. The molecule has 0 amide bonds. The molecular weight excluding hydrogens is 388 g/mol. The summed E-state index contributed by atoms with van der Waals surface area (Å²) in [4.78, 5) is 12.9. The van der Waals surface area contributed by atoms with E-state index in [1.165, 1.54) is 0 Å². The lowest BCUT2D eigenvalue weighted by Gasteiger charge is -2.27. The fraction of sp³-hybridized carbons (Fsp3) is 0.222. The van der Waals surface area contributed by atoms with Crippen molar-refractivity contribution in [2.75, 3.05) is 0 Å². The van der Waals surface area contributed by atoms with Crippen LogP contribution in [-0.4, -0.2) is 11.3 Å². The molecule has 31 heavy (non-hydrogen) atoms. The molecule has 0 spiro atoms. The highest BCUT2D eigenvalue weighted by atomic mass is 16.7. The molecule has 2 bridgehead atoms. The van der Waals surface area contributed by atoms with E-state index in [4.69, 9.17) is 9.47 Å². The van der Waals surface area contributed by atoms with Crippen LogP contribution in [0.5, 0.6) is 17.2 Å². The predicted octanol–water partition coefficient (Wildman–Crippen LogP) is 6.82. The zero-order valence-corrected chi connectivity index (χ0v) is 17.2. The molecule has 154 valence electrons. The molecule has 0 heterocycles. The van der Waals surface area contributed by atoms with E-state index in [1.807, 2.05) is 60.7 Å². The van der Waals surface area contributed by atoms with Gasteiger partial charge < -0.3 is 14.6 Å². The van der Waals surface area contributed by atoms with Crippen LogP contribution in [0.15, 0.2) is 66.7 Å². The van der Waals surface area contributed by atoms with Gasteiger partial charge in [0.15, 0.2) is 0 Å². The van der Waals surface area contributed by atoms with Gasteiger partial charge >= 0.3 is 6.16 Å². The number of ether oxygens (including phenoxy) is 2. The van der Waals surface area contributed by atoms with E-state index in [1.54, 1.807) is 6.07 Å². The van der Waals surface area contributed by atoms with E-state index in [0.717, 1.165) is 46.5 Å². The highest BCUT2D eigenvalue weighted by Gasteiger charge is 2.50.